The van der Waals surface area contributed by atoms with Gasteiger partial charge in [-0.25, -0.2) is 0 Å². The number of benzene rings is 2. The van der Waals surface area contributed by atoms with E-state index < -0.39 is 6.10 Å². The van der Waals surface area contributed by atoms with Gasteiger partial charge in [-0.15, -0.1) is 0 Å². The molecule has 2 N–H and O–H groups in total. The van der Waals surface area contributed by atoms with E-state index in [1.807, 2.05) is 30.3 Å². The number of aliphatic hydroxyl groups excluding tert-OH is 1. The van der Waals surface area contributed by atoms with Gasteiger partial charge in [0.25, 0.3) is 0 Å². The summed E-state index contributed by atoms with van der Waals surface area (Å²) in [6.45, 7) is 2.14. The zero-order valence-electron chi connectivity index (χ0n) is 11.2. The average Bonchev–Trinajstić information content (AvgIpc) is 2.48. The van der Waals surface area contributed by atoms with Gasteiger partial charge >= 0.3 is 0 Å². The highest BCUT2D eigenvalue weighted by atomic mass is 16.5. The first kappa shape index (κ1) is 14.1. The smallest absolute Gasteiger partial charge is 0.214 e. The molecule has 20 heavy (non-hydrogen) atoms. The Hall–Kier alpha value is -2.33. The number of hydrogen-bond acceptors (Lipinski definition) is 4. The standard InChI is InChI=1S/C16H17NO3/c1-2-19-16(17)15(18)12-8-10-14(11-9-12)20-13-6-4-3-5-7-13/h3-11,15,17-18H,2H2,1H3/t15-/m0/s1. The Morgan fingerprint density at radius 2 is 1.65 bits per heavy atom. The fourth-order valence-corrected chi connectivity index (χ4v) is 1.73. The van der Waals surface area contributed by atoms with Crippen LogP contribution in [-0.4, -0.2) is 17.6 Å². The summed E-state index contributed by atoms with van der Waals surface area (Å²) in [5.41, 5.74) is 0.601. The number of nitrogens with one attached hydrogen (secondary N) is 1. The van der Waals surface area contributed by atoms with Crippen LogP contribution >= 0.6 is 0 Å². The third-order valence-electron chi connectivity index (χ3n) is 2.72. The molecule has 0 aliphatic rings. The quantitative estimate of drug-likeness (QED) is 0.646. The lowest BCUT2D eigenvalue weighted by Crippen LogP contribution is -2.14. The Morgan fingerprint density at radius 3 is 2.25 bits per heavy atom. The van der Waals surface area contributed by atoms with E-state index in [9.17, 15) is 5.11 Å². The van der Waals surface area contributed by atoms with Gasteiger partial charge in [-0.05, 0) is 36.8 Å². The van der Waals surface area contributed by atoms with Crippen LogP contribution in [0.1, 0.15) is 18.6 Å². The summed E-state index contributed by atoms with van der Waals surface area (Å²) >= 11 is 0. The number of aliphatic hydroxyl groups is 1. The van der Waals surface area contributed by atoms with Crippen LogP contribution in [-0.2, 0) is 4.74 Å². The van der Waals surface area contributed by atoms with Gasteiger partial charge in [-0.2, -0.15) is 0 Å². The first-order valence-electron chi connectivity index (χ1n) is 6.43. The minimum atomic E-state index is -1.04. The van der Waals surface area contributed by atoms with Gasteiger partial charge in [0.15, 0.2) is 6.10 Å². The second kappa shape index (κ2) is 6.73. The van der Waals surface area contributed by atoms with E-state index in [1.54, 1.807) is 31.2 Å². The van der Waals surface area contributed by atoms with Gasteiger partial charge in [0, 0.05) is 0 Å². The van der Waals surface area contributed by atoms with Crippen molar-refractivity contribution in [3.8, 4) is 11.5 Å². The molecule has 0 saturated heterocycles. The number of ether oxygens (including phenoxy) is 2. The molecule has 0 heterocycles. The average molecular weight is 271 g/mol. The summed E-state index contributed by atoms with van der Waals surface area (Å²) in [5, 5.41) is 17.5. The van der Waals surface area contributed by atoms with E-state index in [4.69, 9.17) is 14.9 Å². The third-order valence-corrected chi connectivity index (χ3v) is 2.72. The molecule has 104 valence electrons. The Kier molecular flexibility index (Phi) is 4.74. The summed E-state index contributed by atoms with van der Waals surface area (Å²) < 4.78 is 10.6. The lowest BCUT2D eigenvalue weighted by molar-refractivity contribution is 0.190. The van der Waals surface area contributed by atoms with Gasteiger partial charge in [0.05, 0.1) is 6.61 Å². The molecule has 0 radical (unpaired) electrons. The molecule has 0 saturated carbocycles. The molecule has 2 rings (SSSR count). The molecule has 0 bridgehead atoms. The molecule has 1 atom stereocenters. The monoisotopic (exact) mass is 271 g/mol. The number of para-hydroxylation sites is 1. The number of hydrogen-bond donors (Lipinski definition) is 2. The second-order valence-electron chi connectivity index (χ2n) is 4.18. The van der Waals surface area contributed by atoms with Crippen LogP contribution in [0.5, 0.6) is 11.5 Å². The van der Waals surface area contributed by atoms with Crippen molar-refractivity contribution in [1.29, 1.82) is 5.41 Å². The molecule has 0 amide bonds. The zero-order chi connectivity index (χ0) is 14.4. The summed E-state index contributed by atoms with van der Waals surface area (Å²) in [5.74, 6) is 1.28. The van der Waals surface area contributed by atoms with E-state index in [0.717, 1.165) is 5.75 Å². The molecule has 0 fully saturated rings. The van der Waals surface area contributed by atoms with Crippen LogP contribution in [0, 0.1) is 5.41 Å². The molecule has 0 aromatic heterocycles. The van der Waals surface area contributed by atoms with Crippen LogP contribution in [0.3, 0.4) is 0 Å². The summed E-state index contributed by atoms with van der Waals surface area (Å²) in [7, 11) is 0. The first-order valence-corrected chi connectivity index (χ1v) is 6.43. The maximum absolute atomic E-state index is 9.91. The highest BCUT2D eigenvalue weighted by molar-refractivity contribution is 5.79. The molecular weight excluding hydrogens is 254 g/mol. The minimum Gasteiger partial charge on any atom is -0.479 e. The fraction of sp³-hybridized carbons (Fsp3) is 0.188. The van der Waals surface area contributed by atoms with Crippen molar-refractivity contribution in [2.24, 2.45) is 0 Å². The molecule has 4 heteroatoms. The van der Waals surface area contributed by atoms with Crippen LogP contribution in [0.2, 0.25) is 0 Å². The highest BCUT2D eigenvalue weighted by Crippen LogP contribution is 2.23. The van der Waals surface area contributed by atoms with Crippen molar-refractivity contribution in [2.45, 2.75) is 13.0 Å². The maximum Gasteiger partial charge on any atom is 0.214 e. The van der Waals surface area contributed by atoms with Gasteiger partial charge < -0.3 is 14.6 Å². The van der Waals surface area contributed by atoms with Crippen molar-refractivity contribution in [2.75, 3.05) is 6.61 Å². The predicted octanol–water partition coefficient (Wildman–Crippen LogP) is 3.53. The van der Waals surface area contributed by atoms with Gasteiger partial charge in [0.1, 0.15) is 11.5 Å². The molecule has 0 aliphatic carbocycles. The third kappa shape index (κ3) is 3.59. The highest BCUT2D eigenvalue weighted by Gasteiger charge is 2.14. The van der Waals surface area contributed by atoms with Crippen molar-refractivity contribution in [3.05, 3.63) is 60.2 Å². The Morgan fingerprint density at radius 1 is 1.05 bits per heavy atom. The topological polar surface area (TPSA) is 62.5 Å². The van der Waals surface area contributed by atoms with Gasteiger partial charge in [0.2, 0.25) is 5.90 Å². The van der Waals surface area contributed by atoms with E-state index >= 15 is 0 Å². The predicted molar refractivity (Wildman–Crippen MR) is 77.3 cm³/mol. The van der Waals surface area contributed by atoms with Crippen molar-refractivity contribution >= 4 is 5.90 Å². The fourth-order valence-electron chi connectivity index (χ4n) is 1.73. The zero-order valence-corrected chi connectivity index (χ0v) is 11.2. The normalized spacial score (nSPS) is 11.7. The lowest BCUT2D eigenvalue weighted by Gasteiger charge is -2.13. The largest absolute Gasteiger partial charge is 0.479 e. The van der Waals surface area contributed by atoms with Crippen LogP contribution in [0.25, 0.3) is 0 Å². The molecule has 0 aliphatic heterocycles. The molecule has 2 aromatic rings. The van der Waals surface area contributed by atoms with Crippen molar-refractivity contribution < 1.29 is 14.6 Å². The summed E-state index contributed by atoms with van der Waals surface area (Å²) in [6.07, 6.45) is -1.04. The summed E-state index contributed by atoms with van der Waals surface area (Å²) in [4.78, 5) is 0. The van der Waals surface area contributed by atoms with Gasteiger partial charge in [-0.1, -0.05) is 30.3 Å². The molecule has 4 nitrogen and oxygen atoms in total. The van der Waals surface area contributed by atoms with E-state index in [-0.39, 0.29) is 5.90 Å². The van der Waals surface area contributed by atoms with E-state index in [1.165, 1.54) is 0 Å². The molecular formula is C16H17NO3. The van der Waals surface area contributed by atoms with Crippen molar-refractivity contribution in [3.63, 3.8) is 0 Å². The van der Waals surface area contributed by atoms with Crippen LogP contribution < -0.4 is 4.74 Å². The second-order valence-corrected chi connectivity index (χ2v) is 4.18. The molecule has 2 aromatic carbocycles. The molecule has 0 spiro atoms. The van der Waals surface area contributed by atoms with E-state index in [0.29, 0.717) is 17.9 Å². The Balaban J connectivity index is 2.04. The Bertz CT molecular complexity index is 552. The van der Waals surface area contributed by atoms with Gasteiger partial charge in [-0.3, -0.25) is 5.41 Å². The van der Waals surface area contributed by atoms with Crippen LogP contribution in [0.4, 0.5) is 0 Å². The summed E-state index contributed by atoms with van der Waals surface area (Å²) in [6, 6.07) is 16.4. The van der Waals surface area contributed by atoms with Crippen LogP contribution in [0.15, 0.2) is 54.6 Å². The Labute approximate surface area is 118 Å². The first-order chi connectivity index (χ1) is 9.70. The maximum atomic E-state index is 9.91. The van der Waals surface area contributed by atoms with E-state index in [2.05, 4.69) is 0 Å². The molecule has 0 unspecified atom stereocenters. The minimum absolute atomic E-state index is 0.149. The lowest BCUT2D eigenvalue weighted by atomic mass is 10.1. The van der Waals surface area contributed by atoms with Crippen molar-refractivity contribution in [1.82, 2.24) is 0 Å². The number of rotatable bonds is 5. The SMILES string of the molecule is CCOC(=N)[C@@H](O)c1ccc(Oc2ccccc2)cc1.